The Kier molecular flexibility index (Phi) is 7.93. The van der Waals surface area contributed by atoms with Crippen molar-refractivity contribution in [1.82, 2.24) is 9.80 Å². The predicted molar refractivity (Wildman–Crippen MR) is 146 cm³/mol. The van der Waals surface area contributed by atoms with Crippen molar-refractivity contribution in [1.29, 1.82) is 0 Å². The second-order valence-electron chi connectivity index (χ2n) is 13.2. The average molecular weight is 509 g/mol. The van der Waals surface area contributed by atoms with E-state index in [0.717, 1.165) is 37.4 Å². The zero-order valence-corrected chi connectivity index (χ0v) is 25.3. The molecule has 0 aliphatic carbocycles. The minimum Gasteiger partial charge on any atom is -0.415 e. The summed E-state index contributed by atoms with van der Waals surface area (Å²) in [4.78, 5) is 26.8. The van der Waals surface area contributed by atoms with Crippen LogP contribution in [0.4, 0.5) is 4.79 Å². The fourth-order valence-electron chi connectivity index (χ4n) is 3.98. The second kappa shape index (κ2) is 9.78. The summed E-state index contributed by atoms with van der Waals surface area (Å²) in [5.41, 5.74) is 0. The highest BCUT2D eigenvalue weighted by molar-refractivity contribution is 6.74. The van der Waals surface area contributed by atoms with Crippen LogP contribution >= 0.6 is 0 Å². The molecule has 0 bridgehead atoms. The first-order valence-electron chi connectivity index (χ1n) is 13.0. The molecule has 0 aromatic heterocycles. The molecule has 2 amide bonds. The standard InChI is InChI=1S/C25H48N4O3Si2/c1-24(2,3)33(7,8)31-17-19-11-13-21(26-19)28-15-16-29(23(28)30)22-14-12-20(27-22)18-32-34(9,10)25(4,5)6/h19-20H,11-18H2,1-10H3/t19-,20-/m0/s1. The van der Waals surface area contributed by atoms with E-state index in [0.29, 0.717) is 26.3 Å². The Bertz CT molecular complexity index is 761. The molecular formula is C25H48N4O3Si2. The van der Waals surface area contributed by atoms with Crippen LogP contribution in [0.2, 0.25) is 36.3 Å². The van der Waals surface area contributed by atoms with Gasteiger partial charge in [-0.05, 0) is 49.1 Å². The van der Waals surface area contributed by atoms with E-state index in [9.17, 15) is 4.79 Å². The minimum atomic E-state index is -1.79. The Morgan fingerprint density at radius 2 is 1.12 bits per heavy atom. The van der Waals surface area contributed by atoms with E-state index in [1.165, 1.54) is 0 Å². The molecule has 3 rings (SSSR count). The number of hydrogen-bond donors (Lipinski definition) is 0. The largest absolute Gasteiger partial charge is 0.415 e. The van der Waals surface area contributed by atoms with Gasteiger partial charge in [-0.3, -0.25) is 19.8 Å². The quantitative estimate of drug-likeness (QED) is 0.420. The zero-order valence-electron chi connectivity index (χ0n) is 23.3. The van der Waals surface area contributed by atoms with Crippen molar-refractivity contribution in [2.75, 3.05) is 26.3 Å². The van der Waals surface area contributed by atoms with Gasteiger partial charge in [-0.2, -0.15) is 0 Å². The molecular weight excluding hydrogens is 460 g/mol. The number of amidine groups is 2. The van der Waals surface area contributed by atoms with Crippen LogP contribution < -0.4 is 0 Å². The molecule has 1 saturated heterocycles. The van der Waals surface area contributed by atoms with Crippen LogP contribution in [0.3, 0.4) is 0 Å². The summed E-state index contributed by atoms with van der Waals surface area (Å²) in [6.07, 6.45) is 3.62. The summed E-state index contributed by atoms with van der Waals surface area (Å²) in [5.74, 6) is 1.85. The van der Waals surface area contributed by atoms with Gasteiger partial charge in [0.25, 0.3) is 0 Å². The van der Waals surface area contributed by atoms with E-state index >= 15 is 0 Å². The summed E-state index contributed by atoms with van der Waals surface area (Å²) in [5, 5.41) is 0.387. The van der Waals surface area contributed by atoms with E-state index in [1.54, 1.807) is 0 Å². The van der Waals surface area contributed by atoms with Gasteiger partial charge in [-0.25, -0.2) is 4.79 Å². The fourth-order valence-corrected chi connectivity index (χ4v) is 6.06. The molecule has 34 heavy (non-hydrogen) atoms. The van der Waals surface area contributed by atoms with Gasteiger partial charge in [0.1, 0.15) is 11.7 Å². The Morgan fingerprint density at radius 1 is 0.765 bits per heavy atom. The SMILES string of the molecule is CC(C)(C)[Si](C)(C)OC[C@@H]1CCC(N2CCN(C3=N[C@H](CO[Si](C)(C)C(C)(C)C)CC3)C2=O)=N1. The molecule has 1 fully saturated rings. The van der Waals surface area contributed by atoms with Gasteiger partial charge in [0.05, 0.1) is 25.3 Å². The Hall–Kier alpha value is -1.04. The van der Waals surface area contributed by atoms with Crippen molar-refractivity contribution in [3.05, 3.63) is 0 Å². The third-order valence-electron chi connectivity index (χ3n) is 8.58. The van der Waals surface area contributed by atoms with Gasteiger partial charge in [0.15, 0.2) is 16.6 Å². The molecule has 0 spiro atoms. The molecule has 194 valence electrons. The number of aliphatic imine (C=N–C) groups is 2. The second-order valence-corrected chi connectivity index (χ2v) is 22.8. The van der Waals surface area contributed by atoms with Crippen LogP contribution in [-0.2, 0) is 8.85 Å². The predicted octanol–water partition coefficient (Wildman–Crippen LogP) is 5.89. The summed E-state index contributed by atoms with van der Waals surface area (Å²) >= 11 is 0. The summed E-state index contributed by atoms with van der Waals surface area (Å²) in [7, 11) is -3.57. The molecule has 0 aromatic rings. The minimum absolute atomic E-state index is 0.0365. The van der Waals surface area contributed by atoms with Crippen molar-refractivity contribution in [3.63, 3.8) is 0 Å². The normalized spacial score (nSPS) is 24.8. The lowest BCUT2D eigenvalue weighted by Gasteiger charge is -2.36. The van der Waals surface area contributed by atoms with Gasteiger partial charge in [-0.1, -0.05) is 41.5 Å². The smallest absolute Gasteiger partial charge is 0.330 e. The number of amides is 2. The van der Waals surface area contributed by atoms with E-state index < -0.39 is 16.6 Å². The molecule has 3 aliphatic rings. The van der Waals surface area contributed by atoms with Gasteiger partial charge >= 0.3 is 6.03 Å². The molecule has 2 atom stereocenters. The average Bonchev–Trinajstić information content (AvgIpc) is 3.42. The highest BCUT2D eigenvalue weighted by atomic mass is 28.4. The Morgan fingerprint density at radius 3 is 1.44 bits per heavy atom. The number of carbonyl (C=O) groups is 1. The number of carbonyl (C=O) groups excluding carboxylic acids is 1. The van der Waals surface area contributed by atoms with Crippen LogP contribution in [-0.4, -0.2) is 82.5 Å². The lowest BCUT2D eigenvalue weighted by Crippen LogP contribution is -2.42. The van der Waals surface area contributed by atoms with Gasteiger partial charge in [-0.15, -0.1) is 0 Å². The zero-order chi connectivity index (χ0) is 25.5. The third-order valence-corrected chi connectivity index (χ3v) is 17.6. The summed E-state index contributed by atoms with van der Waals surface area (Å²) in [6.45, 7) is 25.4. The molecule has 0 N–H and O–H groups in total. The molecule has 0 unspecified atom stereocenters. The highest BCUT2D eigenvalue weighted by Gasteiger charge is 2.41. The summed E-state index contributed by atoms with van der Waals surface area (Å²) < 4.78 is 12.8. The van der Waals surface area contributed by atoms with Crippen LogP contribution in [0.5, 0.6) is 0 Å². The number of rotatable bonds is 6. The molecule has 0 aromatic carbocycles. The maximum absolute atomic E-state index is 13.2. The van der Waals surface area contributed by atoms with Crippen molar-refractivity contribution in [3.8, 4) is 0 Å². The van der Waals surface area contributed by atoms with Crippen molar-refractivity contribution in [2.24, 2.45) is 9.98 Å². The molecule has 3 heterocycles. The lowest BCUT2D eigenvalue weighted by molar-refractivity contribution is 0.220. The summed E-state index contributed by atoms with van der Waals surface area (Å²) in [6, 6.07) is 0.354. The first-order valence-corrected chi connectivity index (χ1v) is 18.8. The monoisotopic (exact) mass is 508 g/mol. The first-order chi connectivity index (χ1) is 15.5. The van der Waals surface area contributed by atoms with Crippen LogP contribution in [0.1, 0.15) is 67.2 Å². The van der Waals surface area contributed by atoms with Gasteiger partial charge < -0.3 is 8.85 Å². The highest BCUT2D eigenvalue weighted by Crippen LogP contribution is 2.38. The molecule has 0 saturated carbocycles. The number of nitrogens with zero attached hydrogens (tertiary/aromatic N) is 4. The van der Waals surface area contributed by atoms with Crippen LogP contribution in [0.15, 0.2) is 9.98 Å². The van der Waals surface area contributed by atoms with Crippen LogP contribution in [0, 0.1) is 0 Å². The number of hydrogen-bond acceptors (Lipinski definition) is 5. The molecule has 3 aliphatic heterocycles. The molecule has 0 radical (unpaired) electrons. The number of urea groups is 1. The van der Waals surface area contributed by atoms with Crippen molar-refractivity contribution in [2.45, 2.75) is 116 Å². The first kappa shape index (κ1) is 27.5. The fraction of sp³-hybridized carbons (Fsp3) is 0.880. The maximum atomic E-state index is 13.2. The van der Waals surface area contributed by atoms with E-state index in [-0.39, 0.29) is 28.2 Å². The van der Waals surface area contributed by atoms with Gasteiger partial charge in [0.2, 0.25) is 0 Å². The molecule has 7 nitrogen and oxygen atoms in total. The van der Waals surface area contributed by atoms with E-state index in [1.807, 2.05) is 9.80 Å². The van der Waals surface area contributed by atoms with Crippen molar-refractivity contribution < 1.29 is 13.6 Å². The Labute approximate surface area is 209 Å². The van der Waals surface area contributed by atoms with Crippen LogP contribution in [0.25, 0.3) is 0 Å². The molecule has 9 heteroatoms. The van der Waals surface area contributed by atoms with Crippen molar-refractivity contribution >= 4 is 34.3 Å². The van der Waals surface area contributed by atoms with E-state index in [4.69, 9.17) is 18.8 Å². The lowest BCUT2D eigenvalue weighted by atomic mass is 10.2. The maximum Gasteiger partial charge on any atom is 0.330 e. The Balaban J connectivity index is 1.55. The van der Waals surface area contributed by atoms with Gasteiger partial charge in [0, 0.05) is 25.9 Å². The third kappa shape index (κ3) is 6.02. The van der Waals surface area contributed by atoms with E-state index in [2.05, 4.69) is 67.7 Å². The topological polar surface area (TPSA) is 66.7 Å².